The van der Waals surface area contributed by atoms with Gasteiger partial charge >= 0.3 is 11.9 Å². The van der Waals surface area contributed by atoms with E-state index in [9.17, 15) is 24.6 Å². The number of carbonyl (C=O) groups excluding carboxylic acids is 1. The summed E-state index contributed by atoms with van der Waals surface area (Å²) < 4.78 is 1.58. The van der Waals surface area contributed by atoms with Gasteiger partial charge in [0.25, 0.3) is 0 Å². The van der Waals surface area contributed by atoms with Crippen molar-refractivity contribution in [3.05, 3.63) is 11.9 Å². The highest BCUT2D eigenvalue weighted by Gasteiger charge is 2.80. The fourth-order valence-corrected chi connectivity index (χ4v) is 3.63. The average Bonchev–Trinajstić information content (AvgIpc) is 2.81. The van der Waals surface area contributed by atoms with Crippen LogP contribution in [0.3, 0.4) is 0 Å². The molecule has 0 aromatic carbocycles. The number of rotatable bonds is 5. The Morgan fingerprint density at radius 3 is 2.26 bits per heavy atom. The van der Waals surface area contributed by atoms with Crippen LogP contribution in [0, 0.1) is 17.8 Å². The summed E-state index contributed by atoms with van der Waals surface area (Å²) in [7, 11) is 1.74. The van der Waals surface area contributed by atoms with Crippen molar-refractivity contribution in [3.8, 4) is 0 Å². The van der Waals surface area contributed by atoms with Crippen LogP contribution >= 0.6 is 0 Å². The van der Waals surface area contributed by atoms with Crippen LogP contribution in [0.25, 0.3) is 0 Å². The summed E-state index contributed by atoms with van der Waals surface area (Å²) in [6.45, 7) is 1.88. The van der Waals surface area contributed by atoms with E-state index in [0.717, 1.165) is 0 Å². The van der Waals surface area contributed by atoms with Gasteiger partial charge in [0.2, 0.25) is 5.91 Å². The highest BCUT2D eigenvalue weighted by Crippen LogP contribution is 2.68. The summed E-state index contributed by atoms with van der Waals surface area (Å²) in [4.78, 5) is 36.6. The molecular weight excluding hydrogens is 304 g/mol. The molecule has 9 nitrogen and oxygen atoms in total. The number of aromatic nitrogens is 2. The minimum Gasteiger partial charge on any atom is -0.481 e. The van der Waals surface area contributed by atoms with Crippen molar-refractivity contribution >= 4 is 23.5 Å². The molecule has 1 aromatic heterocycles. The first-order chi connectivity index (χ1) is 10.7. The molecule has 1 saturated heterocycles. The van der Waals surface area contributed by atoms with Crippen molar-refractivity contribution in [1.82, 2.24) is 14.7 Å². The Morgan fingerprint density at radius 1 is 1.26 bits per heavy atom. The Balaban J connectivity index is 1.66. The normalized spacial score (nSPS) is 29.1. The summed E-state index contributed by atoms with van der Waals surface area (Å²) in [5.74, 6) is -2.53. The Kier molecular flexibility index (Phi) is 3.22. The number of amides is 1. The van der Waals surface area contributed by atoms with Gasteiger partial charge in [0.05, 0.1) is 28.8 Å². The van der Waals surface area contributed by atoms with Crippen LogP contribution in [0.4, 0.5) is 5.69 Å². The molecule has 124 valence electrons. The summed E-state index contributed by atoms with van der Waals surface area (Å²) >= 11 is 0. The zero-order valence-electron chi connectivity index (χ0n) is 12.9. The Hall–Kier alpha value is -2.42. The highest BCUT2D eigenvalue weighted by atomic mass is 16.4. The van der Waals surface area contributed by atoms with Crippen LogP contribution in [-0.2, 0) is 21.4 Å². The van der Waals surface area contributed by atoms with Gasteiger partial charge in [-0.25, -0.2) is 0 Å². The predicted molar refractivity (Wildman–Crippen MR) is 77.8 cm³/mol. The molecule has 3 rings (SSSR count). The number of piperidine rings is 1. The third-order valence-electron chi connectivity index (χ3n) is 4.86. The number of carbonyl (C=O) groups is 3. The number of fused-ring (bicyclic) bond motifs is 1. The molecule has 1 aliphatic heterocycles. The maximum atomic E-state index is 12.1. The smallest absolute Gasteiger partial charge is 0.312 e. The number of likely N-dealkylation sites (tertiary alicyclic amines) is 1. The summed E-state index contributed by atoms with van der Waals surface area (Å²) in [5, 5.41) is 25.5. The largest absolute Gasteiger partial charge is 0.481 e. The van der Waals surface area contributed by atoms with Crippen molar-refractivity contribution in [2.24, 2.45) is 17.9 Å². The van der Waals surface area contributed by atoms with Crippen molar-refractivity contribution < 1.29 is 24.6 Å². The van der Waals surface area contributed by atoms with E-state index in [2.05, 4.69) is 10.4 Å². The summed E-state index contributed by atoms with van der Waals surface area (Å²) in [5.41, 5.74) is -1.26. The summed E-state index contributed by atoms with van der Waals surface area (Å²) in [6, 6.07) is 0. The molecule has 3 N–H and O–H groups in total. The molecule has 2 aliphatic rings. The second kappa shape index (κ2) is 4.79. The van der Waals surface area contributed by atoms with E-state index in [-0.39, 0.29) is 32.0 Å². The van der Waals surface area contributed by atoms with Gasteiger partial charge in [-0.15, -0.1) is 0 Å². The van der Waals surface area contributed by atoms with Gasteiger partial charge in [0, 0.05) is 26.3 Å². The van der Waals surface area contributed by atoms with E-state index in [1.807, 2.05) is 0 Å². The van der Waals surface area contributed by atoms with E-state index in [0.29, 0.717) is 11.4 Å². The zero-order valence-corrected chi connectivity index (χ0v) is 12.9. The number of nitrogens with zero attached hydrogens (tertiary/aromatic N) is 3. The fourth-order valence-electron chi connectivity index (χ4n) is 3.63. The van der Waals surface area contributed by atoms with E-state index in [1.54, 1.807) is 29.7 Å². The summed E-state index contributed by atoms with van der Waals surface area (Å²) in [6.07, 6.45) is 1.80. The topological polar surface area (TPSA) is 125 Å². The first-order valence-corrected chi connectivity index (χ1v) is 7.19. The zero-order chi connectivity index (χ0) is 17.0. The molecular formula is C14H18N4O5. The number of aliphatic carboxylic acids is 2. The van der Waals surface area contributed by atoms with Crippen LogP contribution in [0.1, 0.15) is 12.1 Å². The number of carboxylic acid groups (broad SMARTS) is 2. The third kappa shape index (κ3) is 2.19. The first kappa shape index (κ1) is 15.5. The van der Waals surface area contributed by atoms with E-state index in [4.69, 9.17) is 0 Å². The van der Waals surface area contributed by atoms with Gasteiger partial charge in [-0.05, 0) is 13.3 Å². The molecule has 9 heteroatoms. The SMILES string of the molecule is Cc1nn(C)cc1NC(=O)CN1C[C@@]2(C(=O)O)C[C@@]2(C(=O)O)C1. The van der Waals surface area contributed by atoms with Gasteiger partial charge in [-0.3, -0.25) is 24.0 Å². The maximum Gasteiger partial charge on any atom is 0.312 e. The molecule has 1 aromatic rings. The number of nitrogens with one attached hydrogen (secondary N) is 1. The van der Waals surface area contributed by atoms with Crippen LogP contribution in [0.5, 0.6) is 0 Å². The minimum absolute atomic E-state index is 0.0433. The second-order valence-corrected chi connectivity index (χ2v) is 6.45. The van der Waals surface area contributed by atoms with Crippen molar-refractivity contribution in [2.75, 3.05) is 25.0 Å². The molecule has 1 amide bonds. The van der Waals surface area contributed by atoms with Gasteiger partial charge in [0.1, 0.15) is 0 Å². The van der Waals surface area contributed by atoms with Crippen molar-refractivity contribution in [1.29, 1.82) is 0 Å². The predicted octanol–water partition coefficient (Wildman–Crippen LogP) is -0.472. The number of anilines is 1. The molecule has 0 unspecified atom stereocenters. The number of hydrogen-bond acceptors (Lipinski definition) is 5. The lowest BCUT2D eigenvalue weighted by Gasteiger charge is -2.18. The number of carboxylic acids is 2. The number of hydrogen-bond donors (Lipinski definition) is 3. The first-order valence-electron chi connectivity index (χ1n) is 7.19. The van der Waals surface area contributed by atoms with Gasteiger partial charge in [-0.2, -0.15) is 5.10 Å². The maximum absolute atomic E-state index is 12.1. The Morgan fingerprint density at radius 2 is 1.83 bits per heavy atom. The molecule has 0 bridgehead atoms. The molecule has 1 aliphatic carbocycles. The van der Waals surface area contributed by atoms with E-state index in [1.165, 1.54) is 0 Å². The quantitative estimate of drug-likeness (QED) is 0.669. The fraction of sp³-hybridized carbons (Fsp3) is 0.571. The van der Waals surface area contributed by atoms with Crippen LogP contribution in [0.15, 0.2) is 6.20 Å². The minimum atomic E-state index is -1.26. The molecule has 1 saturated carbocycles. The van der Waals surface area contributed by atoms with Crippen LogP contribution in [-0.4, -0.2) is 62.4 Å². The molecule has 0 spiro atoms. The van der Waals surface area contributed by atoms with Crippen molar-refractivity contribution in [3.63, 3.8) is 0 Å². The van der Waals surface area contributed by atoms with Crippen LogP contribution in [0.2, 0.25) is 0 Å². The van der Waals surface area contributed by atoms with E-state index >= 15 is 0 Å². The monoisotopic (exact) mass is 322 g/mol. The lowest BCUT2D eigenvalue weighted by Crippen LogP contribution is -2.36. The molecule has 0 radical (unpaired) electrons. The highest BCUT2D eigenvalue weighted by molar-refractivity contribution is 5.96. The molecule has 2 fully saturated rings. The van der Waals surface area contributed by atoms with E-state index < -0.39 is 22.8 Å². The second-order valence-electron chi connectivity index (χ2n) is 6.45. The Bertz CT molecular complexity index is 686. The Labute approximate surface area is 131 Å². The van der Waals surface area contributed by atoms with Gasteiger partial charge in [0.15, 0.2) is 0 Å². The lowest BCUT2D eigenvalue weighted by molar-refractivity contribution is -0.151. The number of aryl methyl sites for hydroxylation is 2. The van der Waals surface area contributed by atoms with Crippen LogP contribution < -0.4 is 5.32 Å². The standard InChI is InChI=1S/C14H18N4O5/c1-8-9(3-17(2)16-8)15-10(19)4-18-6-13(11(20)21)5-14(13,7-18)12(22)23/h3H,4-7H2,1-2H3,(H,15,19)(H,20,21)(H,22,23)/t13-,14+. The van der Waals surface area contributed by atoms with Gasteiger partial charge in [-0.1, -0.05) is 0 Å². The molecule has 2 atom stereocenters. The van der Waals surface area contributed by atoms with Crippen molar-refractivity contribution in [2.45, 2.75) is 13.3 Å². The molecule has 23 heavy (non-hydrogen) atoms. The van der Waals surface area contributed by atoms with Gasteiger partial charge < -0.3 is 15.5 Å². The lowest BCUT2D eigenvalue weighted by atomic mass is 9.97. The third-order valence-corrected chi connectivity index (χ3v) is 4.86. The molecule has 2 heterocycles. The average molecular weight is 322 g/mol.